The van der Waals surface area contributed by atoms with E-state index in [2.05, 4.69) is 9.73 Å². The maximum atomic E-state index is 11.3. The van der Waals surface area contributed by atoms with E-state index in [4.69, 9.17) is 4.74 Å². The molecule has 0 heterocycles. The molecule has 0 aromatic heterocycles. The van der Waals surface area contributed by atoms with E-state index in [1.807, 2.05) is 30.3 Å². The van der Waals surface area contributed by atoms with Gasteiger partial charge in [-0.3, -0.25) is 4.99 Å². The maximum absolute atomic E-state index is 11.3. The van der Waals surface area contributed by atoms with Crippen LogP contribution in [0.4, 0.5) is 0 Å². The largest absolute Gasteiger partial charge is 0.467 e. The molecule has 0 fully saturated rings. The van der Waals surface area contributed by atoms with Crippen molar-refractivity contribution in [1.29, 1.82) is 0 Å². The van der Waals surface area contributed by atoms with Crippen LogP contribution < -0.4 is 0 Å². The van der Waals surface area contributed by atoms with Crippen molar-refractivity contribution in [1.82, 2.24) is 0 Å². The first-order valence-electron chi connectivity index (χ1n) is 4.93. The summed E-state index contributed by atoms with van der Waals surface area (Å²) < 4.78 is 9.52. The first kappa shape index (κ1) is 12.4. The number of ether oxygens (including phenoxy) is 2. The molecule has 4 heteroatoms. The molecular formula is C12H15NO3. The number of methoxy groups -OCH3 is 2. The van der Waals surface area contributed by atoms with Crippen LogP contribution in [-0.4, -0.2) is 39.1 Å². The van der Waals surface area contributed by atoms with E-state index in [0.717, 1.165) is 5.56 Å². The summed E-state index contributed by atoms with van der Waals surface area (Å²) in [5.74, 6) is -0.394. The molecule has 1 aromatic rings. The number of esters is 1. The van der Waals surface area contributed by atoms with Gasteiger partial charge in [0, 0.05) is 13.3 Å². The van der Waals surface area contributed by atoms with Gasteiger partial charge in [-0.15, -0.1) is 0 Å². The first-order chi connectivity index (χ1) is 7.77. The Morgan fingerprint density at radius 3 is 2.62 bits per heavy atom. The first-order valence-corrected chi connectivity index (χ1v) is 4.93. The highest BCUT2D eigenvalue weighted by atomic mass is 16.5. The van der Waals surface area contributed by atoms with Gasteiger partial charge in [-0.2, -0.15) is 0 Å². The van der Waals surface area contributed by atoms with E-state index >= 15 is 0 Å². The second-order valence-electron chi connectivity index (χ2n) is 3.18. The van der Waals surface area contributed by atoms with Gasteiger partial charge in [0.15, 0.2) is 6.04 Å². The van der Waals surface area contributed by atoms with Crippen LogP contribution in [0.25, 0.3) is 0 Å². The minimum absolute atomic E-state index is 0.218. The molecule has 1 aromatic carbocycles. The molecule has 1 rings (SSSR count). The van der Waals surface area contributed by atoms with Gasteiger partial charge in [0.05, 0.1) is 13.7 Å². The zero-order valence-corrected chi connectivity index (χ0v) is 9.42. The lowest BCUT2D eigenvalue weighted by molar-refractivity contribution is -0.143. The average Bonchev–Trinajstić information content (AvgIpc) is 2.34. The number of rotatable bonds is 5. The molecule has 0 aliphatic rings. The van der Waals surface area contributed by atoms with Gasteiger partial charge < -0.3 is 9.47 Å². The third-order valence-corrected chi connectivity index (χ3v) is 2.00. The van der Waals surface area contributed by atoms with E-state index in [-0.39, 0.29) is 6.61 Å². The Kier molecular flexibility index (Phi) is 5.22. The second kappa shape index (κ2) is 6.74. The number of hydrogen-bond donors (Lipinski definition) is 0. The lowest BCUT2D eigenvalue weighted by atomic mass is 10.2. The normalized spacial score (nSPS) is 12.6. The Bertz CT molecular complexity index is 349. The summed E-state index contributed by atoms with van der Waals surface area (Å²) in [4.78, 5) is 15.4. The van der Waals surface area contributed by atoms with Crippen molar-refractivity contribution in [2.75, 3.05) is 20.8 Å². The van der Waals surface area contributed by atoms with Crippen LogP contribution in [0.1, 0.15) is 5.56 Å². The van der Waals surface area contributed by atoms with Crippen molar-refractivity contribution in [2.45, 2.75) is 6.04 Å². The molecule has 0 radical (unpaired) electrons. The van der Waals surface area contributed by atoms with Gasteiger partial charge in [0.2, 0.25) is 0 Å². The van der Waals surface area contributed by atoms with Crippen LogP contribution in [0.5, 0.6) is 0 Å². The molecule has 0 aliphatic heterocycles. The molecule has 0 saturated carbocycles. The summed E-state index contributed by atoms with van der Waals surface area (Å²) >= 11 is 0. The van der Waals surface area contributed by atoms with Crippen LogP contribution in [0.3, 0.4) is 0 Å². The SMILES string of the molecule is COC[C@H](/N=C/c1ccccc1)C(=O)OC. The number of aliphatic imine (C=N–C) groups is 1. The molecule has 0 N–H and O–H groups in total. The van der Waals surface area contributed by atoms with Crippen LogP contribution in [0, 0.1) is 0 Å². The van der Waals surface area contributed by atoms with E-state index in [1.54, 1.807) is 6.21 Å². The highest BCUT2D eigenvalue weighted by Crippen LogP contribution is 1.99. The molecule has 86 valence electrons. The minimum Gasteiger partial charge on any atom is -0.467 e. The van der Waals surface area contributed by atoms with E-state index < -0.39 is 12.0 Å². The molecule has 0 amide bonds. The molecular weight excluding hydrogens is 206 g/mol. The number of benzene rings is 1. The third kappa shape index (κ3) is 3.82. The highest BCUT2D eigenvalue weighted by molar-refractivity contribution is 5.84. The Morgan fingerprint density at radius 1 is 1.38 bits per heavy atom. The van der Waals surface area contributed by atoms with Crippen molar-refractivity contribution < 1.29 is 14.3 Å². The number of nitrogens with zero attached hydrogens (tertiary/aromatic N) is 1. The van der Waals surface area contributed by atoms with Crippen molar-refractivity contribution in [3.8, 4) is 0 Å². The molecule has 0 bridgehead atoms. The fourth-order valence-corrected chi connectivity index (χ4v) is 1.18. The lowest BCUT2D eigenvalue weighted by Crippen LogP contribution is -2.25. The zero-order chi connectivity index (χ0) is 11.8. The van der Waals surface area contributed by atoms with Gasteiger partial charge in [-0.05, 0) is 5.56 Å². The van der Waals surface area contributed by atoms with E-state index in [9.17, 15) is 4.79 Å². The predicted molar refractivity (Wildman–Crippen MR) is 61.7 cm³/mol. The van der Waals surface area contributed by atoms with Crippen molar-refractivity contribution in [3.63, 3.8) is 0 Å². The Morgan fingerprint density at radius 2 is 2.06 bits per heavy atom. The second-order valence-corrected chi connectivity index (χ2v) is 3.18. The number of carbonyl (C=O) groups excluding carboxylic acids is 1. The fraction of sp³-hybridized carbons (Fsp3) is 0.333. The van der Waals surface area contributed by atoms with E-state index in [0.29, 0.717) is 0 Å². The van der Waals surface area contributed by atoms with Gasteiger partial charge in [0.25, 0.3) is 0 Å². The monoisotopic (exact) mass is 221 g/mol. The quantitative estimate of drug-likeness (QED) is 0.556. The van der Waals surface area contributed by atoms with Gasteiger partial charge in [-0.25, -0.2) is 4.79 Å². The van der Waals surface area contributed by atoms with Gasteiger partial charge >= 0.3 is 5.97 Å². The molecule has 0 aliphatic carbocycles. The molecule has 16 heavy (non-hydrogen) atoms. The molecule has 4 nitrogen and oxygen atoms in total. The van der Waals surface area contributed by atoms with Crippen molar-refractivity contribution in [3.05, 3.63) is 35.9 Å². The van der Waals surface area contributed by atoms with Gasteiger partial charge in [0.1, 0.15) is 0 Å². The molecule has 0 saturated heterocycles. The fourth-order valence-electron chi connectivity index (χ4n) is 1.18. The molecule has 1 atom stereocenters. The Labute approximate surface area is 94.9 Å². The summed E-state index contributed by atoms with van der Waals surface area (Å²) in [6.45, 7) is 0.218. The number of carbonyl (C=O) groups is 1. The van der Waals surface area contributed by atoms with Crippen LogP contribution in [0.15, 0.2) is 35.3 Å². The summed E-state index contributed by atoms with van der Waals surface area (Å²) in [7, 11) is 2.86. The summed E-state index contributed by atoms with van der Waals surface area (Å²) in [6.07, 6.45) is 1.64. The third-order valence-electron chi connectivity index (χ3n) is 2.00. The molecule has 0 spiro atoms. The topological polar surface area (TPSA) is 47.9 Å². The standard InChI is InChI=1S/C12H15NO3/c1-15-9-11(12(14)16-2)13-8-10-6-4-3-5-7-10/h3-8,11H,9H2,1-2H3/b13-8+/t11-/m0/s1. The van der Waals surface area contributed by atoms with Crippen LogP contribution in [0.2, 0.25) is 0 Å². The summed E-state index contributed by atoms with van der Waals surface area (Å²) in [5, 5.41) is 0. The average molecular weight is 221 g/mol. The summed E-state index contributed by atoms with van der Waals surface area (Å²) in [5.41, 5.74) is 0.938. The van der Waals surface area contributed by atoms with Crippen LogP contribution in [-0.2, 0) is 14.3 Å². The minimum atomic E-state index is -0.602. The number of hydrogen-bond acceptors (Lipinski definition) is 4. The maximum Gasteiger partial charge on any atom is 0.333 e. The van der Waals surface area contributed by atoms with Gasteiger partial charge in [-0.1, -0.05) is 30.3 Å². The van der Waals surface area contributed by atoms with Crippen LogP contribution >= 0.6 is 0 Å². The summed E-state index contributed by atoms with van der Waals surface area (Å²) in [6, 6.07) is 8.95. The highest BCUT2D eigenvalue weighted by Gasteiger charge is 2.16. The zero-order valence-electron chi connectivity index (χ0n) is 9.42. The lowest BCUT2D eigenvalue weighted by Gasteiger charge is -2.08. The van der Waals surface area contributed by atoms with Crippen molar-refractivity contribution in [2.24, 2.45) is 4.99 Å². The Balaban J connectivity index is 2.68. The van der Waals surface area contributed by atoms with E-state index in [1.165, 1.54) is 14.2 Å². The van der Waals surface area contributed by atoms with Crippen molar-refractivity contribution >= 4 is 12.2 Å². The molecule has 0 unspecified atom stereocenters. The smallest absolute Gasteiger partial charge is 0.333 e. The Hall–Kier alpha value is -1.68. The predicted octanol–water partition coefficient (Wildman–Crippen LogP) is 1.29.